The van der Waals surface area contributed by atoms with Gasteiger partial charge in [0.15, 0.2) is 0 Å². The summed E-state index contributed by atoms with van der Waals surface area (Å²) >= 11 is 0. The van der Waals surface area contributed by atoms with Gasteiger partial charge in [-0.1, -0.05) is 12.0 Å². The topological polar surface area (TPSA) is 57.3 Å². The van der Waals surface area contributed by atoms with Gasteiger partial charge in [0.25, 0.3) is 5.91 Å². The normalized spacial score (nSPS) is 15.8. The number of likely N-dealkylation sites (tertiary alicyclic amines) is 1. The highest BCUT2D eigenvalue weighted by molar-refractivity contribution is 5.94. The Morgan fingerprint density at radius 1 is 1.50 bits per heavy atom. The van der Waals surface area contributed by atoms with E-state index in [4.69, 9.17) is 6.42 Å². The molecule has 2 rings (SSSR count). The van der Waals surface area contributed by atoms with Crippen molar-refractivity contribution < 1.29 is 4.79 Å². The summed E-state index contributed by atoms with van der Waals surface area (Å²) in [4.78, 5) is 18.4. The highest BCUT2D eigenvalue weighted by atomic mass is 16.1. The number of terminal acetylenes is 1. The molecule has 1 aromatic heterocycles. The summed E-state index contributed by atoms with van der Waals surface area (Å²) in [6.07, 6.45) is 10.8. The van der Waals surface area contributed by atoms with E-state index >= 15 is 0 Å². The minimum atomic E-state index is -0.199. The van der Waals surface area contributed by atoms with Crippen molar-refractivity contribution in [3.63, 3.8) is 0 Å². The lowest BCUT2D eigenvalue weighted by Gasteiger charge is -2.31. The average Bonchev–Trinajstić information content (AvgIpc) is 2.55. The third-order valence-electron chi connectivity index (χ3n) is 3.70. The van der Waals surface area contributed by atoms with Crippen molar-refractivity contribution >= 4 is 11.7 Å². The Kier molecular flexibility index (Phi) is 5.99. The summed E-state index contributed by atoms with van der Waals surface area (Å²) in [5.74, 6) is 2.97. The third kappa shape index (κ3) is 4.61. The molecule has 116 valence electrons. The number of nitrogens with one attached hydrogen (secondary N) is 2. The van der Waals surface area contributed by atoms with Crippen LogP contribution in [0.3, 0.4) is 0 Å². The number of rotatable bonds is 6. The maximum Gasteiger partial charge on any atom is 0.253 e. The van der Waals surface area contributed by atoms with Crippen LogP contribution in [0, 0.1) is 12.3 Å². The third-order valence-corrected chi connectivity index (χ3v) is 3.70. The Morgan fingerprint density at radius 2 is 2.27 bits per heavy atom. The van der Waals surface area contributed by atoms with Gasteiger partial charge >= 0.3 is 0 Å². The lowest BCUT2D eigenvalue weighted by Crippen LogP contribution is -2.39. The van der Waals surface area contributed by atoms with Crippen LogP contribution in [0.1, 0.15) is 23.2 Å². The van der Waals surface area contributed by atoms with Gasteiger partial charge < -0.3 is 10.6 Å². The van der Waals surface area contributed by atoms with Gasteiger partial charge in [0, 0.05) is 31.9 Å². The summed E-state index contributed by atoms with van der Waals surface area (Å²) in [6.45, 7) is 7.08. The number of piperidine rings is 1. The number of carbonyl (C=O) groups excluding carboxylic acids is 1. The summed E-state index contributed by atoms with van der Waals surface area (Å²) in [6, 6.07) is 4.02. The number of nitrogens with zero attached hydrogens (tertiary/aromatic N) is 2. The fourth-order valence-electron chi connectivity index (χ4n) is 2.50. The van der Waals surface area contributed by atoms with Crippen LogP contribution in [-0.2, 0) is 0 Å². The Balaban J connectivity index is 1.83. The van der Waals surface area contributed by atoms with Gasteiger partial charge in [-0.05, 0) is 25.0 Å². The highest BCUT2D eigenvalue weighted by Gasteiger charge is 2.18. The average molecular weight is 298 g/mol. The molecule has 1 aromatic rings. The number of hydrogen-bond donors (Lipinski definition) is 2. The van der Waals surface area contributed by atoms with Crippen LogP contribution in [0.25, 0.3) is 0 Å². The molecule has 0 radical (unpaired) electrons. The molecule has 0 spiro atoms. The molecule has 1 aliphatic rings. The van der Waals surface area contributed by atoms with Crippen LogP contribution in [0.5, 0.6) is 0 Å². The van der Waals surface area contributed by atoms with Crippen molar-refractivity contribution in [3.05, 3.63) is 36.5 Å². The fourth-order valence-corrected chi connectivity index (χ4v) is 2.50. The number of carbonyl (C=O) groups is 1. The molecule has 5 heteroatoms. The second kappa shape index (κ2) is 8.20. The van der Waals surface area contributed by atoms with Gasteiger partial charge in [-0.15, -0.1) is 13.0 Å². The van der Waals surface area contributed by atoms with Crippen LogP contribution < -0.4 is 10.6 Å². The van der Waals surface area contributed by atoms with Crippen LogP contribution >= 0.6 is 0 Å². The highest BCUT2D eigenvalue weighted by Crippen LogP contribution is 2.15. The first kappa shape index (κ1) is 16.1. The summed E-state index contributed by atoms with van der Waals surface area (Å²) < 4.78 is 0. The quantitative estimate of drug-likeness (QED) is 0.617. The minimum Gasteiger partial charge on any atom is -0.367 e. The van der Waals surface area contributed by atoms with Gasteiger partial charge in [-0.3, -0.25) is 9.69 Å². The summed E-state index contributed by atoms with van der Waals surface area (Å²) in [5, 5.41) is 6.04. The van der Waals surface area contributed by atoms with Crippen LogP contribution in [-0.4, -0.2) is 48.0 Å². The van der Waals surface area contributed by atoms with E-state index in [1.165, 1.54) is 0 Å². The van der Waals surface area contributed by atoms with E-state index in [0.717, 1.165) is 38.3 Å². The molecule has 0 unspecified atom stereocenters. The van der Waals surface area contributed by atoms with Gasteiger partial charge in [0.2, 0.25) is 0 Å². The zero-order valence-corrected chi connectivity index (χ0v) is 12.7. The number of pyridine rings is 1. The number of anilines is 1. The maximum atomic E-state index is 11.7. The number of aromatic nitrogens is 1. The van der Waals surface area contributed by atoms with Gasteiger partial charge in [-0.2, -0.15) is 0 Å². The predicted molar refractivity (Wildman–Crippen MR) is 88.7 cm³/mol. The van der Waals surface area contributed by atoms with Crippen molar-refractivity contribution in [3.8, 4) is 12.3 Å². The molecule has 1 saturated heterocycles. The van der Waals surface area contributed by atoms with E-state index < -0.39 is 0 Å². The smallest absolute Gasteiger partial charge is 0.253 e. The van der Waals surface area contributed by atoms with Crippen LogP contribution in [0.15, 0.2) is 31.0 Å². The molecule has 2 heterocycles. The van der Waals surface area contributed by atoms with Crippen molar-refractivity contribution in [1.29, 1.82) is 0 Å². The lowest BCUT2D eigenvalue weighted by atomic mass is 10.1. The first-order chi connectivity index (χ1) is 10.7. The molecular formula is C17H22N4O. The second-order valence-electron chi connectivity index (χ2n) is 5.33. The minimum absolute atomic E-state index is 0.199. The molecule has 1 amide bonds. The van der Waals surface area contributed by atoms with Gasteiger partial charge in [-0.25, -0.2) is 4.98 Å². The van der Waals surface area contributed by atoms with E-state index in [9.17, 15) is 4.79 Å². The van der Waals surface area contributed by atoms with Crippen molar-refractivity contribution in [2.45, 2.75) is 18.9 Å². The lowest BCUT2D eigenvalue weighted by molar-refractivity contribution is 0.0958. The number of hydrogen-bond acceptors (Lipinski definition) is 4. The van der Waals surface area contributed by atoms with Crippen molar-refractivity contribution in [2.24, 2.45) is 0 Å². The summed E-state index contributed by atoms with van der Waals surface area (Å²) in [7, 11) is 0. The van der Waals surface area contributed by atoms with E-state index in [-0.39, 0.29) is 12.5 Å². The Labute approximate surface area is 131 Å². The van der Waals surface area contributed by atoms with E-state index in [1.807, 2.05) is 12.1 Å². The van der Waals surface area contributed by atoms with Crippen LogP contribution in [0.2, 0.25) is 0 Å². The molecule has 1 aliphatic heterocycles. The molecule has 2 N–H and O–H groups in total. The molecule has 0 aliphatic carbocycles. The molecule has 0 saturated carbocycles. The summed E-state index contributed by atoms with van der Waals surface area (Å²) in [5.41, 5.74) is 0.515. The molecule has 1 fully saturated rings. The Bertz CT molecular complexity index is 539. The Hall–Kier alpha value is -2.32. The van der Waals surface area contributed by atoms with E-state index in [1.54, 1.807) is 12.3 Å². The standard InChI is InChI=1S/C17H22N4O/c1-3-9-18-17(22)14-5-6-16(19-13-14)20-15-7-11-21(10-4-2)12-8-15/h1,4-6,13,15H,2,7-12H2,(H,18,22)(H,19,20). The van der Waals surface area contributed by atoms with Crippen molar-refractivity contribution in [1.82, 2.24) is 15.2 Å². The Morgan fingerprint density at radius 3 is 2.86 bits per heavy atom. The van der Waals surface area contributed by atoms with Gasteiger partial charge in [0.1, 0.15) is 5.82 Å². The predicted octanol–water partition coefficient (Wildman–Crippen LogP) is 1.51. The largest absolute Gasteiger partial charge is 0.367 e. The molecule has 5 nitrogen and oxygen atoms in total. The van der Waals surface area contributed by atoms with Crippen molar-refractivity contribution in [2.75, 3.05) is 31.5 Å². The molecule has 0 bridgehead atoms. The first-order valence-corrected chi connectivity index (χ1v) is 7.50. The molecule has 0 aromatic carbocycles. The van der Waals surface area contributed by atoms with E-state index in [2.05, 4.69) is 33.0 Å². The zero-order chi connectivity index (χ0) is 15.8. The second-order valence-corrected chi connectivity index (χ2v) is 5.33. The monoisotopic (exact) mass is 298 g/mol. The van der Waals surface area contributed by atoms with E-state index in [0.29, 0.717) is 11.6 Å². The van der Waals surface area contributed by atoms with Crippen LogP contribution in [0.4, 0.5) is 5.82 Å². The first-order valence-electron chi connectivity index (χ1n) is 7.50. The number of amides is 1. The SMILES string of the molecule is C#CCNC(=O)c1ccc(NC2CCN(CC=C)CC2)nc1. The van der Waals surface area contributed by atoms with Gasteiger partial charge in [0.05, 0.1) is 12.1 Å². The zero-order valence-electron chi connectivity index (χ0n) is 12.7. The maximum absolute atomic E-state index is 11.7. The fraction of sp³-hybridized carbons (Fsp3) is 0.412. The molecule has 0 atom stereocenters. The molecule has 22 heavy (non-hydrogen) atoms. The molecular weight excluding hydrogens is 276 g/mol.